The van der Waals surface area contributed by atoms with Gasteiger partial charge >= 0.3 is 0 Å². The zero-order valence-electron chi connectivity index (χ0n) is 7.20. The SMILES string of the molecule is COc1cccc(C(O)CO)c1Br. The second-order valence-electron chi connectivity index (χ2n) is 2.56. The molecule has 0 spiro atoms. The van der Waals surface area contributed by atoms with Gasteiger partial charge < -0.3 is 14.9 Å². The monoisotopic (exact) mass is 246 g/mol. The number of rotatable bonds is 3. The van der Waals surface area contributed by atoms with Crippen LogP contribution < -0.4 is 4.74 Å². The summed E-state index contributed by atoms with van der Waals surface area (Å²) in [7, 11) is 1.55. The fraction of sp³-hybridized carbons (Fsp3) is 0.333. The van der Waals surface area contributed by atoms with E-state index in [-0.39, 0.29) is 6.61 Å². The van der Waals surface area contributed by atoms with Crippen LogP contribution >= 0.6 is 15.9 Å². The first-order chi connectivity index (χ1) is 6.20. The minimum Gasteiger partial charge on any atom is -0.496 e. The molecule has 0 aliphatic heterocycles. The summed E-state index contributed by atoms with van der Waals surface area (Å²) in [6.07, 6.45) is -0.871. The van der Waals surface area contributed by atoms with E-state index < -0.39 is 6.10 Å². The third-order valence-corrected chi connectivity index (χ3v) is 2.59. The van der Waals surface area contributed by atoms with E-state index in [0.717, 1.165) is 0 Å². The Bertz CT molecular complexity index is 288. The van der Waals surface area contributed by atoms with Gasteiger partial charge in [0.05, 0.1) is 18.2 Å². The predicted octanol–water partition coefficient (Wildman–Crippen LogP) is 1.48. The highest BCUT2D eigenvalue weighted by Crippen LogP contribution is 2.31. The summed E-state index contributed by atoms with van der Waals surface area (Å²) in [5.74, 6) is 0.644. The summed E-state index contributed by atoms with van der Waals surface area (Å²) in [4.78, 5) is 0. The summed E-state index contributed by atoms with van der Waals surface area (Å²) < 4.78 is 5.72. The van der Waals surface area contributed by atoms with Gasteiger partial charge in [-0.25, -0.2) is 0 Å². The van der Waals surface area contributed by atoms with Crippen molar-refractivity contribution in [3.05, 3.63) is 28.2 Å². The zero-order valence-corrected chi connectivity index (χ0v) is 8.78. The van der Waals surface area contributed by atoms with Crippen molar-refractivity contribution in [2.24, 2.45) is 0 Å². The van der Waals surface area contributed by atoms with Gasteiger partial charge in [-0.2, -0.15) is 0 Å². The van der Waals surface area contributed by atoms with E-state index in [4.69, 9.17) is 9.84 Å². The van der Waals surface area contributed by atoms with E-state index in [0.29, 0.717) is 15.8 Å². The number of halogens is 1. The molecule has 0 saturated carbocycles. The summed E-state index contributed by atoms with van der Waals surface area (Å²) >= 11 is 3.29. The molecule has 72 valence electrons. The van der Waals surface area contributed by atoms with E-state index in [1.165, 1.54) is 0 Å². The number of ether oxygens (including phenoxy) is 1. The van der Waals surface area contributed by atoms with E-state index >= 15 is 0 Å². The highest BCUT2D eigenvalue weighted by atomic mass is 79.9. The molecular weight excluding hydrogens is 236 g/mol. The molecule has 3 nitrogen and oxygen atoms in total. The van der Waals surface area contributed by atoms with Crippen LogP contribution in [0.15, 0.2) is 22.7 Å². The van der Waals surface area contributed by atoms with Crippen molar-refractivity contribution in [3.8, 4) is 5.75 Å². The van der Waals surface area contributed by atoms with Crippen LogP contribution in [0.1, 0.15) is 11.7 Å². The Morgan fingerprint density at radius 2 is 2.23 bits per heavy atom. The largest absolute Gasteiger partial charge is 0.496 e. The van der Waals surface area contributed by atoms with E-state index in [1.54, 1.807) is 25.3 Å². The lowest BCUT2D eigenvalue weighted by Gasteiger charge is -2.12. The van der Waals surface area contributed by atoms with Gasteiger partial charge in [0.1, 0.15) is 11.9 Å². The summed E-state index contributed by atoms with van der Waals surface area (Å²) in [6.45, 7) is -0.300. The molecule has 0 bridgehead atoms. The van der Waals surface area contributed by atoms with Gasteiger partial charge in [0.2, 0.25) is 0 Å². The maximum atomic E-state index is 9.39. The molecule has 0 saturated heterocycles. The van der Waals surface area contributed by atoms with Crippen molar-refractivity contribution >= 4 is 15.9 Å². The third kappa shape index (κ3) is 2.21. The summed E-state index contributed by atoms with van der Waals surface area (Å²) in [6, 6.07) is 5.27. The maximum Gasteiger partial charge on any atom is 0.133 e. The molecule has 1 atom stereocenters. The molecule has 1 unspecified atom stereocenters. The van der Waals surface area contributed by atoms with Crippen molar-refractivity contribution in [1.29, 1.82) is 0 Å². The highest BCUT2D eigenvalue weighted by Gasteiger charge is 2.12. The third-order valence-electron chi connectivity index (χ3n) is 1.75. The Morgan fingerprint density at radius 1 is 1.54 bits per heavy atom. The quantitative estimate of drug-likeness (QED) is 0.850. The molecule has 13 heavy (non-hydrogen) atoms. The summed E-state index contributed by atoms with van der Waals surface area (Å²) in [5.41, 5.74) is 0.627. The van der Waals surface area contributed by atoms with E-state index in [1.807, 2.05) is 0 Å². The molecule has 2 N–H and O–H groups in total. The van der Waals surface area contributed by atoms with Crippen LogP contribution in [0, 0.1) is 0 Å². The molecular formula is C9H11BrO3. The minimum atomic E-state index is -0.871. The van der Waals surface area contributed by atoms with Gasteiger partial charge in [0.15, 0.2) is 0 Å². The second kappa shape index (κ2) is 4.60. The average molecular weight is 247 g/mol. The number of hydrogen-bond acceptors (Lipinski definition) is 3. The zero-order chi connectivity index (χ0) is 9.84. The lowest BCUT2D eigenvalue weighted by molar-refractivity contribution is 0.0948. The first-order valence-electron chi connectivity index (χ1n) is 3.82. The Hall–Kier alpha value is -0.580. The van der Waals surface area contributed by atoms with Crippen LogP contribution in [0.25, 0.3) is 0 Å². The standard InChI is InChI=1S/C9H11BrO3/c1-13-8-4-2-3-6(9(8)10)7(12)5-11/h2-4,7,11-12H,5H2,1H3. The molecule has 1 aromatic rings. The van der Waals surface area contributed by atoms with Gasteiger partial charge in [-0.3, -0.25) is 0 Å². The molecule has 0 aromatic heterocycles. The number of aliphatic hydroxyl groups is 2. The second-order valence-corrected chi connectivity index (χ2v) is 3.35. The average Bonchev–Trinajstić information content (AvgIpc) is 2.17. The first kappa shape index (κ1) is 10.5. The van der Waals surface area contributed by atoms with Gasteiger partial charge in [-0.05, 0) is 22.0 Å². The van der Waals surface area contributed by atoms with Crippen LogP contribution in [-0.2, 0) is 0 Å². The number of methoxy groups -OCH3 is 1. The smallest absolute Gasteiger partial charge is 0.133 e. The maximum absolute atomic E-state index is 9.39. The van der Waals surface area contributed by atoms with Crippen LogP contribution in [0.5, 0.6) is 5.75 Å². The molecule has 0 fully saturated rings. The molecule has 4 heteroatoms. The molecule has 0 aliphatic carbocycles. The van der Waals surface area contributed by atoms with Gasteiger partial charge in [0.25, 0.3) is 0 Å². The molecule has 1 aromatic carbocycles. The fourth-order valence-corrected chi connectivity index (χ4v) is 1.73. The Morgan fingerprint density at radius 3 is 2.77 bits per heavy atom. The normalized spacial score (nSPS) is 12.6. The van der Waals surface area contributed by atoms with E-state index in [9.17, 15) is 5.11 Å². The van der Waals surface area contributed by atoms with Gasteiger partial charge in [-0.15, -0.1) is 0 Å². The lowest BCUT2D eigenvalue weighted by atomic mass is 10.1. The number of aliphatic hydroxyl groups excluding tert-OH is 2. The van der Waals surface area contributed by atoms with Crippen molar-refractivity contribution in [2.45, 2.75) is 6.10 Å². The number of benzene rings is 1. The molecule has 0 radical (unpaired) electrons. The van der Waals surface area contributed by atoms with Crippen molar-refractivity contribution in [3.63, 3.8) is 0 Å². The van der Waals surface area contributed by atoms with Crippen LogP contribution in [-0.4, -0.2) is 23.9 Å². The van der Waals surface area contributed by atoms with Gasteiger partial charge in [0, 0.05) is 5.56 Å². The predicted molar refractivity (Wildman–Crippen MR) is 52.7 cm³/mol. The summed E-state index contributed by atoms with van der Waals surface area (Å²) in [5, 5.41) is 18.2. The topological polar surface area (TPSA) is 49.7 Å². The molecule has 0 aliphatic rings. The number of hydrogen-bond donors (Lipinski definition) is 2. The Balaban J connectivity index is 3.08. The van der Waals surface area contributed by atoms with Crippen molar-refractivity contribution in [2.75, 3.05) is 13.7 Å². The lowest BCUT2D eigenvalue weighted by Crippen LogP contribution is -2.03. The van der Waals surface area contributed by atoms with Gasteiger partial charge in [-0.1, -0.05) is 12.1 Å². The highest BCUT2D eigenvalue weighted by molar-refractivity contribution is 9.10. The first-order valence-corrected chi connectivity index (χ1v) is 4.61. The van der Waals surface area contributed by atoms with Crippen molar-refractivity contribution in [1.82, 2.24) is 0 Å². The van der Waals surface area contributed by atoms with E-state index in [2.05, 4.69) is 15.9 Å². The minimum absolute atomic E-state index is 0.300. The van der Waals surface area contributed by atoms with Crippen LogP contribution in [0.3, 0.4) is 0 Å². The Labute approximate surface area is 85.1 Å². The molecule has 0 amide bonds. The Kier molecular flexibility index (Phi) is 3.71. The molecule has 0 heterocycles. The molecule has 1 rings (SSSR count). The van der Waals surface area contributed by atoms with Crippen LogP contribution in [0.2, 0.25) is 0 Å². The fourth-order valence-electron chi connectivity index (χ4n) is 1.04. The van der Waals surface area contributed by atoms with Crippen molar-refractivity contribution < 1.29 is 14.9 Å². The van der Waals surface area contributed by atoms with Crippen LogP contribution in [0.4, 0.5) is 0 Å².